The van der Waals surface area contributed by atoms with Crippen LogP contribution in [0.1, 0.15) is 36.0 Å². The van der Waals surface area contributed by atoms with E-state index >= 15 is 0 Å². The summed E-state index contributed by atoms with van der Waals surface area (Å²) in [5.41, 5.74) is 0.398. The van der Waals surface area contributed by atoms with Gasteiger partial charge in [0.1, 0.15) is 0 Å². The Bertz CT molecular complexity index is 992. The second-order valence-electron chi connectivity index (χ2n) is 8.34. The maximum absolute atomic E-state index is 12.7. The van der Waals surface area contributed by atoms with E-state index in [0.717, 1.165) is 25.7 Å². The van der Waals surface area contributed by atoms with Crippen LogP contribution in [0.3, 0.4) is 0 Å². The van der Waals surface area contributed by atoms with Crippen LogP contribution in [0, 0.1) is 5.92 Å². The molecule has 2 aliphatic heterocycles. The van der Waals surface area contributed by atoms with Gasteiger partial charge in [0.2, 0.25) is 20.0 Å². The van der Waals surface area contributed by atoms with Crippen LogP contribution in [0.25, 0.3) is 0 Å². The molecule has 0 aromatic heterocycles. The fourth-order valence-corrected chi connectivity index (χ4v) is 7.28. The molecule has 2 saturated heterocycles. The maximum atomic E-state index is 12.7. The van der Waals surface area contributed by atoms with Gasteiger partial charge in [0.15, 0.2) is 0 Å². The molecule has 2 heterocycles. The minimum absolute atomic E-state index is 0.162. The Kier molecular flexibility index (Phi) is 6.68. The number of ether oxygens (including phenoxy) is 1. The van der Waals surface area contributed by atoms with E-state index in [0.29, 0.717) is 51.5 Å². The number of hydrogen-bond acceptors (Lipinski definition) is 6. The van der Waals surface area contributed by atoms with Crippen molar-refractivity contribution in [1.29, 1.82) is 0 Å². The average molecular weight is 472 g/mol. The molecule has 31 heavy (non-hydrogen) atoms. The summed E-state index contributed by atoms with van der Waals surface area (Å²) in [5, 5.41) is 2.71. The lowest BCUT2D eigenvalue weighted by molar-refractivity contribution is 0.0730. The summed E-state index contributed by atoms with van der Waals surface area (Å²) in [7, 11) is -6.71. The van der Waals surface area contributed by atoms with Crippen molar-refractivity contribution in [2.45, 2.75) is 35.8 Å². The summed E-state index contributed by atoms with van der Waals surface area (Å²) in [5.74, 6) is -0.0288. The molecule has 1 saturated carbocycles. The Morgan fingerprint density at radius 3 is 2.10 bits per heavy atom. The zero-order valence-electron chi connectivity index (χ0n) is 17.4. The van der Waals surface area contributed by atoms with E-state index in [9.17, 15) is 21.6 Å². The number of sulfonamides is 2. The molecule has 3 fully saturated rings. The maximum Gasteiger partial charge on any atom is 0.251 e. The van der Waals surface area contributed by atoms with E-state index in [1.54, 1.807) is 4.31 Å². The van der Waals surface area contributed by atoms with E-state index in [1.807, 2.05) is 0 Å². The number of morpholine rings is 1. The first kappa shape index (κ1) is 22.7. The van der Waals surface area contributed by atoms with Gasteiger partial charge >= 0.3 is 0 Å². The lowest BCUT2D eigenvalue weighted by atomic mass is 9.98. The summed E-state index contributed by atoms with van der Waals surface area (Å²) in [6, 6.07) is 5.96. The first-order chi connectivity index (χ1) is 14.8. The third-order valence-electron chi connectivity index (χ3n) is 6.15. The number of nitrogens with zero attached hydrogens (tertiary/aromatic N) is 2. The zero-order chi connectivity index (χ0) is 22.1. The van der Waals surface area contributed by atoms with Crippen molar-refractivity contribution < 1.29 is 26.4 Å². The molecule has 0 radical (unpaired) electrons. The molecule has 1 N–H and O–H groups in total. The van der Waals surface area contributed by atoms with Crippen molar-refractivity contribution in [1.82, 2.24) is 13.9 Å². The van der Waals surface area contributed by atoms with Crippen molar-refractivity contribution in [3.05, 3.63) is 29.8 Å². The number of piperidine rings is 1. The SMILES string of the molecule is O=C(NCC1CCN(S(=O)(=O)C2CC2)CC1)c1ccc(S(=O)(=O)N2CCOCC2)cc1. The molecule has 1 aromatic rings. The minimum Gasteiger partial charge on any atom is -0.379 e. The Balaban J connectivity index is 1.27. The quantitative estimate of drug-likeness (QED) is 0.625. The van der Waals surface area contributed by atoms with Crippen LogP contribution in [-0.4, -0.2) is 82.5 Å². The molecular formula is C20H29N3O6S2. The molecule has 172 valence electrons. The summed E-state index contributed by atoms with van der Waals surface area (Å²) in [4.78, 5) is 12.6. The second kappa shape index (κ2) is 9.14. The molecule has 0 atom stereocenters. The van der Waals surface area contributed by atoms with E-state index in [4.69, 9.17) is 4.74 Å². The predicted octanol–water partition coefficient (Wildman–Crippen LogP) is 0.642. The van der Waals surface area contributed by atoms with Crippen molar-refractivity contribution in [3.63, 3.8) is 0 Å². The van der Waals surface area contributed by atoms with E-state index in [1.165, 1.54) is 28.6 Å². The molecule has 3 aliphatic rings. The molecule has 0 bridgehead atoms. The first-order valence-corrected chi connectivity index (χ1v) is 13.7. The number of benzene rings is 1. The molecule has 1 aliphatic carbocycles. The standard InChI is InChI=1S/C20H29N3O6S2/c24-20(21-15-16-7-9-22(10-8-16)30(25,26)19-5-6-19)17-1-3-18(4-2-17)31(27,28)23-11-13-29-14-12-23/h1-4,16,19H,5-15H2,(H,21,24). The molecule has 9 nitrogen and oxygen atoms in total. The summed E-state index contributed by atoms with van der Waals surface area (Å²) >= 11 is 0. The third-order valence-corrected chi connectivity index (χ3v) is 10.5. The predicted molar refractivity (Wildman–Crippen MR) is 115 cm³/mol. The normalized spacial score (nSPS) is 22.3. The van der Waals surface area contributed by atoms with Gasteiger partial charge in [-0.3, -0.25) is 4.79 Å². The molecule has 1 aromatic carbocycles. The van der Waals surface area contributed by atoms with Crippen LogP contribution in [-0.2, 0) is 24.8 Å². The van der Waals surface area contributed by atoms with Crippen LogP contribution < -0.4 is 5.32 Å². The molecule has 1 amide bonds. The largest absolute Gasteiger partial charge is 0.379 e. The van der Waals surface area contributed by atoms with Crippen molar-refractivity contribution in [2.75, 3.05) is 45.9 Å². The Morgan fingerprint density at radius 1 is 0.903 bits per heavy atom. The van der Waals surface area contributed by atoms with E-state index in [-0.39, 0.29) is 22.0 Å². The molecule has 0 unspecified atom stereocenters. The Labute approximate surface area is 183 Å². The van der Waals surface area contributed by atoms with Crippen LogP contribution in [0.4, 0.5) is 0 Å². The molecule has 0 spiro atoms. The molecule has 11 heteroatoms. The second-order valence-corrected chi connectivity index (χ2v) is 12.5. The van der Waals surface area contributed by atoms with Crippen molar-refractivity contribution in [2.24, 2.45) is 5.92 Å². The van der Waals surface area contributed by atoms with Gasteiger partial charge < -0.3 is 10.1 Å². The van der Waals surface area contributed by atoms with Gasteiger partial charge in [-0.25, -0.2) is 21.1 Å². The lowest BCUT2D eigenvalue weighted by Gasteiger charge is -2.31. The number of hydrogen-bond donors (Lipinski definition) is 1. The van der Waals surface area contributed by atoms with Gasteiger partial charge in [-0.1, -0.05) is 0 Å². The molecular weight excluding hydrogens is 442 g/mol. The number of rotatable bonds is 7. The van der Waals surface area contributed by atoms with Crippen LogP contribution >= 0.6 is 0 Å². The van der Waals surface area contributed by atoms with Gasteiger partial charge in [-0.2, -0.15) is 4.31 Å². The van der Waals surface area contributed by atoms with Crippen molar-refractivity contribution >= 4 is 26.0 Å². The van der Waals surface area contributed by atoms with Gasteiger partial charge in [-0.05, 0) is 55.9 Å². The third kappa shape index (κ3) is 5.11. The van der Waals surface area contributed by atoms with Gasteiger partial charge in [0.25, 0.3) is 5.91 Å². The first-order valence-electron chi connectivity index (χ1n) is 10.7. The Hall–Kier alpha value is -1.53. The van der Waals surface area contributed by atoms with E-state index in [2.05, 4.69) is 5.32 Å². The lowest BCUT2D eigenvalue weighted by Crippen LogP contribution is -2.42. The zero-order valence-corrected chi connectivity index (χ0v) is 19.0. The fourth-order valence-electron chi connectivity index (χ4n) is 4.00. The highest BCUT2D eigenvalue weighted by Crippen LogP contribution is 2.33. The summed E-state index contributed by atoms with van der Waals surface area (Å²) < 4.78 is 58.1. The number of nitrogens with one attached hydrogen (secondary N) is 1. The fraction of sp³-hybridized carbons (Fsp3) is 0.650. The van der Waals surface area contributed by atoms with Crippen LogP contribution in [0.2, 0.25) is 0 Å². The number of carbonyl (C=O) groups excluding carboxylic acids is 1. The van der Waals surface area contributed by atoms with Crippen LogP contribution in [0.15, 0.2) is 29.2 Å². The highest BCUT2D eigenvalue weighted by Gasteiger charge is 2.41. The van der Waals surface area contributed by atoms with Crippen molar-refractivity contribution in [3.8, 4) is 0 Å². The number of carbonyl (C=O) groups is 1. The molecule has 4 rings (SSSR count). The topological polar surface area (TPSA) is 113 Å². The monoisotopic (exact) mass is 471 g/mol. The van der Waals surface area contributed by atoms with E-state index < -0.39 is 20.0 Å². The summed E-state index contributed by atoms with van der Waals surface area (Å²) in [6.07, 6.45) is 2.99. The van der Waals surface area contributed by atoms with Gasteiger partial charge in [0, 0.05) is 38.3 Å². The average Bonchev–Trinajstić information content (AvgIpc) is 3.65. The highest BCUT2D eigenvalue weighted by molar-refractivity contribution is 7.90. The van der Waals surface area contributed by atoms with Gasteiger partial charge in [-0.15, -0.1) is 0 Å². The highest BCUT2D eigenvalue weighted by atomic mass is 32.2. The minimum atomic E-state index is -3.59. The smallest absolute Gasteiger partial charge is 0.251 e. The Morgan fingerprint density at radius 2 is 1.52 bits per heavy atom. The summed E-state index contributed by atoms with van der Waals surface area (Å²) in [6.45, 7) is 2.90. The van der Waals surface area contributed by atoms with Gasteiger partial charge in [0.05, 0.1) is 23.4 Å². The number of amides is 1. The van der Waals surface area contributed by atoms with Crippen LogP contribution in [0.5, 0.6) is 0 Å².